The van der Waals surface area contributed by atoms with Crippen molar-refractivity contribution < 1.29 is 9.00 Å². The molecule has 164 valence electrons. The largest absolute Gasteiger partial charge is 0.357 e. The molecular weight excluding hydrogens is 499 g/mol. The number of rotatable bonds is 8. The first-order valence-electron chi connectivity index (χ1n) is 10.4. The molecule has 3 unspecified atom stereocenters. The molecule has 0 spiro atoms. The average Bonchev–Trinajstić information content (AvgIpc) is 2.72. The summed E-state index contributed by atoms with van der Waals surface area (Å²) in [5.74, 6) is 1.45. The Morgan fingerprint density at radius 3 is 2.62 bits per heavy atom. The van der Waals surface area contributed by atoms with Crippen LogP contribution < -0.4 is 16.0 Å². The Hall–Kier alpha value is -1.16. The van der Waals surface area contributed by atoms with Gasteiger partial charge in [0.25, 0.3) is 5.91 Å². The molecule has 0 saturated heterocycles. The van der Waals surface area contributed by atoms with Gasteiger partial charge in [0.2, 0.25) is 0 Å². The molecule has 6 nitrogen and oxygen atoms in total. The fourth-order valence-corrected chi connectivity index (χ4v) is 4.86. The predicted octanol–water partition coefficient (Wildman–Crippen LogP) is 3.19. The highest BCUT2D eigenvalue weighted by atomic mass is 127. The molecule has 0 radical (unpaired) electrons. The Kier molecular flexibility index (Phi) is 12.4. The summed E-state index contributed by atoms with van der Waals surface area (Å²) in [6.45, 7) is 7.84. The number of carbonyl (C=O) groups excluding carboxylic acids is 1. The maximum Gasteiger partial charge on any atom is 0.251 e. The summed E-state index contributed by atoms with van der Waals surface area (Å²) in [4.78, 5) is 16.7. The number of benzene rings is 1. The highest BCUT2D eigenvalue weighted by Crippen LogP contribution is 2.23. The van der Waals surface area contributed by atoms with Crippen molar-refractivity contribution >= 4 is 46.6 Å². The van der Waals surface area contributed by atoms with Gasteiger partial charge < -0.3 is 16.0 Å². The van der Waals surface area contributed by atoms with Crippen molar-refractivity contribution in [2.24, 2.45) is 4.99 Å². The van der Waals surface area contributed by atoms with Gasteiger partial charge in [-0.05, 0) is 50.8 Å². The standard InChI is InChI=1S/C21H34N4O2S.HI/c1-4-22-20(26)17-10-7-9-16(13-17)15-24-21(23-5-2)25-18-11-8-12-19(14-18)28(27)6-3;/h7,9-10,13,18-19H,4-6,8,11-12,14-15H2,1-3H3,(H,22,26)(H2,23,24,25);1H. The fourth-order valence-electron chi connectivity index (χ4n) is 3.51. The quantitative estimate of drug-likeness (QED) is 0.272. The van der Waals surface area contributed by atoms with Gasteiger partial charge in [-0.25, -0.2) is 4.99 Å². The number of guanidine groups is 1. The van der Waals surface area contributed by atoms with Crippen LogP contribution in [0.4, 0.5) is 0 Å². The van der Waals surface area contributed by atoms with E-state index in [0.29, 0.717) is 24.7 Å². The molecule has 1 aromatic carbocycles. The first kappa shape index (κ1) is 25.9. The lowest BCUT2D eigenvalue weighted by Crippen LogP contribution is -2.46. The third-order valence-electron chi connectivity index (χ3n) is 4.91. The van der Waals surface area contributed by atoms with Gasteiger partial charge in [-0.2, -0.15) is 0 Å². The number of halogens is 1. The molecule has 0 bridgehead atoms. The second-order valence-electron chi connectivity index (χ2n) is 7.05. The highest BCUT2D eigenvalue weighted by Gasteiger charge is 2.26. The number of aliphatic imine (C=N–C) groups is 1. The molecular formula is C21H35IN4O2S. The van der Waals surface area contributed by atoms with Gasteiger partial charge in [-0.1, -0.05) is 25.5 Å². The molecule has 3 atom stereocenters. The molecule has 3 N–H and O–H groups in total. The lowest BCUT2D eigenvalue weighted by molar-refractivity contribution is 0.0955. The van der Waals surface area contributed by atoms with Crippen LogP contribution >= 0.6 is 24.0 Å². The minimum atomic E-state index is -0.733. The van der Waals surface area contributed by atoms with Crippen molar-refractivity contribution in [3.05, 3.63) is 35.4 Å². The Bertz CT molecular complexity index is 699. The van der Waals surface area contributed by atoms with E-state index >= 15 is 0 Å². The van der Waals surface area contributed by atoms with Crippen molar-refractivity contribution in [2.75, 3.05) is 18.8 Å². The van der Waals surface area contributed by atoms with E-state index in [4.69, 9.17) is 4.99 Å². The molecule has 1 saturated carbocycles. The molecule has 1 aliphatic rings. The third-order valence-corrected chi connectivity index (χ3v) is 6.65. The van der Waals surface area contributed by atoms with Gasteiger partial charge in [0.05, 0.1) is 6.54 Å². The lowest BCUT2D eigenvalue weighted by atomic mass is 9.95. The van der Waals surface area contributed by atoms with Crippen LogP contribution in [0.5, 0.6) is 0 Å². The van der Waals surface area contributed by atoms with E-state index in [0.717, 1.165) is 49.5 Å². The van der Waals surface area contributed by atoms with Crippen LogP contribution in [0.3, 0.4) is 0 Å². The van der Waals surface area contributed by atoms with E-state index in [1.54, 1.807) is 0 Å². The minimum Gasteiger partial charge on any atom is -0.357 e. The van der Waals surface area contributed by atoms with Gasteiger partial charge in [0.1, 0.15) is 0 Å². The molecule has 1 amide bonds. The number of hydrogen-bond donors (Lipinski definition) is 3. The monoisotopic (exact) mass is 534 g/mol. The van der Waals surface area contributed by atoms with Gasteiger partial charge in [0, 0.05) is 46.5 Å². The Labute approximate surface area is 194 Å². The van der Waals surface area contributed by atoms with Crippen molar-refractivity contribution in [3.63, 3.8) is 0 Å². The third kappa shape index (κ3) is 8.62. The summed E-state index contributed by atoms with van der Waals surface area (Å²) in [6.07, 6.45) is 4.16. The molecule has 0 aromatic heterocycles. The summed E-state index contributed by atoms with van der Waals surface area (Å²) in [6, 6.07) is 7.88. The minimum absolute atomic E-state index is 0. The van der Waals surface area contributed by atoms with Gasteiger partial charge in [0.15, 0.2) is 5.96 Å². The molecule has 8 heteroatoms. The molecule has 1 fully saturated rings. The predicted molar refractivity (Wildman–Crippen MR) is 133 cm³/mol. The van der Waals surface area contributed by atoms with Crippen LogP contribution in [0.2, 0.25) is 0 Å². The normalized spacial score (nSPS) is 20.3. The van der Waals surface area contributed by atoms with E-state index in [1.807, 2.05) is 45.0 Å². The summed E-state index contributed by atoms with van der Waals surface area (Å²) in [5, 5.41) is 9.93. The topological polar surface area (TPSA) is 82.6 Å². The Morgan fingerprint density at radius 1 is 1.17 bits per heavy atom. The maximum atomic E-state index is 12.2. The summed E-state index contributed by atoms with van der Waals surface area (Å²) in [5.41, 5.74) is 1.65. The number of hydrogen-bond acceptors (Lipinski definition) is 3. The second kappa shape index (κ2) is 14.0. The fraction of sp³-hybridized carbons (Fsp3) is 0.619. The first-order chi connectivity index (χ1) is 13.6. The highest BCUT2D eigenvalue weighted by molar-refractivity contribution is 14.0. The van der Waals surface area contributed by atoms with Crippen LogP contribution in [-0.2, 0) is 17.3 Å². The first-order valence-corrected chi connectivity index (χ1v) is 11.7. The molecule has 29 heavy (non-hydrogen) atoms. The summed E-state index contributed by atoms with van der Waals surface area (Å²) >= 11 is 0. The molecule has 1 aliphatic carbocycles. The SMILES string of the molecule is CCNC(=O)c1cccc(CN=C(NCC)NC2CCCC(S(=O)CC)C2)c1.I. The number of amides is 1. The molecule has 0 heterocycles. The maximum absolute atomic E-state index is 12.2. The van der Waals surface area contributed by atoms with E-state index in [1.165, 1.54) is 0 Å². The zero-order valence-corrected chi connectivity index (χ0v) is 20.8. The van der Waals surface area contributed by atoms with Crippen LogP contribution in [0, 0.1) is 0 Å². The van der Waals surface area contributed by atoms with Crippen molar-refractivity contribution in [2.45, 2.75) is 64.3 Å². The summed E-state index contributed by atoms with van der Waals surface area (Å²) < 4.78 is 12.2. The molecule has 1 aromatic rings. The van der Waals surface area contributed by atoms with Gasteiger partial charge >= 0.3 is 0 Å². The van der Waals surface area contributed by atoms with Gasteiger partial charge in [-0.3, -0.25) is 9.00 Å². The van der Waals surface area contributed by atoms with Gasteiger partial charge in [-0.15, -0.1) is 24.0 Å². The van der Waals surface area contributed by atoms with Crippen molar-refractivity contribution in [3.8, 4) is 0 Å². The number of nitrogens with one attached hydrogen (secondary N) is 3. The molecule has 0 aliphatic heterocycles. The average molecular weight is 535 g/mol. The lowest BCUT2D eigenvalue weighted by Gasteiger charge is -2.30. The number of nitrogens with zero attached hydrogens (tertiary/aromatic N) is 1. The zero-order chi connectivity index (χ0) is 20.4. The smallest absolute Gasteiger partial charge is 0.251 e. The van der Waals surface area contributed by atoms with E-state index < -0.39 is 10.8 Å². The zero-order valence-electron chi connectivity index (χ0n) is 17.7. The van der Waals surface area contributed by atoms with Crippen LogP contribution in [0.15, 0.2) is 29.3 Å². The van der Waals surface area contributed by atoms with E-state index in [9.17, 15) is 9.00 Å². The molecule has 2 rings (SSSR count). The Balaban J connectivity index is 0.00000420. The van der Waals surface area contributed by atoms with E-state index in [-0.39, 0.29) is 35.1 Å². The second-order valence-corrected chi connectivity index (χ2v) is 9.06. The van der Waals surface area contributed by atoms with Crippen molar-refractivity contribution in [1.82, 2.24) is 16.0 Å². The number of carbonyl (C=O) groups is 1. The van der Waals surface area contributed by atoms with Crippen LogP contribution in [-0.4, -0.2) is 46.2 Å². The summed E-state index contributed by atoms with van der Waals surface area (Å²) in [7, 11) is -0.733. The Morgan fingerprint density at radius 2 is 1.93 bits per heavy atom. The van der Waals surface area contributed by atoms with Crippen LogP contribution in [0.1, 0.15) is 62.4 Å². The van der Waals surface area contributed by atoms with Crippen molar-refractivity contribution in [1.29, 1.82) is 0 Å². The van der Waals surface area contributed by atoms with Crippen LogP contribution in [0.25, 0.3) is 0 Å². The van der Waals surface area contributed by atoms with E-state index in [2.05, 4.69) is 16.0 Å².